The second kappa shape index (κ2) is 9.64. The van der Waals surface area contributed by atoms with E-state index in [0.29, 0.717) is 15.7 Å². The Morgan fingerprint density at radius 1 is 1.13 bits per heavy atom. The molecule has 0 spiro atoms. The summed E-state index contributed by atoms with van der Waals surface area (Å²) in [6, 6.07) is 1.58. The van der Waals surface area contributed by atoms with Crippen molar-refractivity contribution in [1.82, 2.24) is 0 Å². The number of rotatable bonds is 10. The van der Waals surface area contributed by atoms with Crippen LogP contribution in [0, 0.1) is 0 Å². The topological polar surface area (TPSA) is 83.8 Å². The van der Waals surface area contributed by atoms with Gasteiger partial charge in [0.15, 0.2) is 9.76 Å². The lowest BCUT2D eigenvalue weighted by molar-refractivity contribution is 0.0652. The molecule has 0 heterocycles. The zero-order valence-corrected chi connectivity index (χ0v) is 17.6. The van der Waals surface area contributed by atoms with Gasteiger partial charge in [-0.1, -0.05) is 26.7 Å². The summed E-state index contributed by atoms with van der Waals surface area (Å²) in [5.74, 6) is -2.34. The molecule has 0 unspecified atom stereocenters. The van der Waals surface area contributed by atoms with Crippen LogP contribution in [0.5, 0.6) is 0 Å². The molecular weight excluding hydrogens is 328 g/mol. The van der Waals surface area contributed by atoms with Crippen molar-refractivity contribution in [3.63, 3.8) is 0 Å². The number of hydrogen-bond acceptors (Lipinski definition) is 3. The van der Waals surface area contributed by atoms with E-state index in [9.17, 15) is 19.8 Å². The first-order valence-corrected chi connectivity index (χ1v) is 10.2. The van der Waals surface area contributed by atoms with E-state index in [1.54, 1.807) is 6.07 Å². The van der Waals surface area contributed by atoms with E-state index in [4.69, 9.17) is 4.12 Å². The number of aromatic carboxylic acids is 2. The normalized spacial score (nSPS) is 11.4. The van der Waals surface area contributed by atoms with Gasteiger partial charge in [0.1, 0.15) is 10.5 Å². The van der Waals surface area contributed by atoms with Crippen LogP contribution in [0.25, 0.3) is 0 Å². The molecule has 1 rings (SSSR count). The molecule has 0 amide bonds. The van der Waals surface area contributed by atoms with Crippen LogP contribution in [0.1, 0.15) is 71.4 Å². The van der Waals surface area contributed by atoms with Gasteiger partial charge < -0.3 is 14.3 Å². The zero-order chi connectivity index (χ0) is 17.4. The van der Waals surface area contributed by atoms with Crippen LogP contribution in [0.4, 0.5) is 0 Å². The van der Waals surface area contributed by atoms with Crippen molar-refractivity contribution in [2.75, 3.05) is 0 Å². The fourth-order valence-electron chi connectivity index (χ4n) is 2.81. The third-order valence-electron chi connectivity index (χ3n) is 3.95. The molecule has 5 nitrogen and oxygen atoms in total. The summed E-state index contributed by atoms with van der Waals surface area (Å²) in [6.07, 6.45) is 5.54. The highest BCUT2D eigenvalue weighted by atomic mass is 28.3. The molecule has 23 heavy (non-hydrogen) atoms. The van der Waals surface area contributed by atoms with Crippen LogP contribution >= 0.6 is 0 Å². The third-order valence-corrected chi connectivity index (χ3v) is 6.18. The highest BCUT2D eigenvalue weighted by Gasteiger charge is 2.25. The summed E-state index contributed by atoms with van der Waals surface area (Å²) in [5, 5.41) is 19.7. The second-order valence-electron chi connectivity index (χ2n) is 5.67. The number of carboxylic acid groups (broad SMARTS) is 2. The summed E-state index contributed by atoms with van der Waals surface area (Å²) in [4.78, 5) is 23.2. The summed E-state index contributed by atoms with van der Waals surface area (Å²) in [5.41, 5.74) is 1.88. The molecule has 0 saturated heterocycles. The number of carboxylic acids is 2. The quantitative estimate of drug-likeness (QED) is 0.607. The first-order chi connectivity index (χ1) is 11.0. The standard InChI is InChI=1S/C16H26O5Si2/c1-3-5-7-10-9-12(15(17)18)13(16(19)20)14(23-21-22)11(10)8-6-4-2/h9H,3-8,23H2,1-2,22H3,(H,17,18)(H,19,20). The molecule has 0 saturated carbocycles. The summed E-state index contributed by atoms with van der Waals surface area (Å²) >= 11 is 0. The molecule has 0 aliphatic carbocycles. The van der Waals surface area contributed by atoms with E-state index in [1.165, 1.54) is 0 Å². The van der Waals surface area contributed by atoms with Crippen LogP contribution in [0.2, 0.25) is 0 Å². The van der Waals surface area contributed by atoms with Crippen LogP contribution < -0.4 is 5.19 Å². The molecule has 0 fully saturated rings. The number of hydrogen-bond donors (Lipinski definition) is 2. The SMILES string of the molecule is CCCCc1cc(C(=O)O)c(C(=O)O)c([SiH2]O[SiH3])c1CCCC. The molecule has 1 aromatic carbocycles. The highest BCUT2D eigenvalue weighted by molar-refractivity contribution is 6.53. The van der Waals surface area contributed by atoms with Gasteiger partial charge in [-0.05, 0) is 48.1 Å². The van der Waals surface area contributed by atoms with Crippen molar-refractivity contribution in [3.8, 4) is 0 Å². The van der Waals surface area contributed by atoms with Gasteiger partial charge in [-0.2, -0.15) is 0 Å². The smallest absolute Gasteiger partial charge is 0.336 e. The van der Waals surface area contributed by atoms with Gasteiger partial charge in [-0.25, -0.2) is 9.59 Å². The van der Waals surface area contributed by atoms with Gasteiger partial charge in [0, 0.05) is 0 Å². The predicted molar refractivity (Wildman–Crippen MR) is 96.8 cm³/mol. The van der Waals surface area contributed by atoms with E-state index >= 15 is 0 Å². The zero-order valence-electron chi connectivity index (χ0n) is 14.1. The highest BCUT2D eigenvalue weighted by Crippen LogP contribution is 2.20. The first kappa shape index (κ1) is 19.6. The van der Waals surface area contributed by atoms with E-state index < -0.39 is 21.7 Å². The van der Waals surface area contributed by atoms with Gasteiger partial charge in [0.05, 0.1) is 11.1 Å². The molecule has 7 heteroatoms. The molecule has 0 radical (unpaired) electrons. The van der Waals surface area contributed by atoms with Crippen molar-refractivity contribution >= 4 is 37.4 Å². The molecule has 128 valence electrons. The fourth-order valence-corrected chi connectivity index (χ4v) is 5.03. The molecule has 0 aliphatic rings. The van der Waals surface area contributed by atoms with Crippen molar-refractivity contribution < 1.29 is 23.9 Å². The average molecular weight is 355 g/mol. The van der Waals surface area contributed by atoms with Gasteiger partial charge in [-0.3, -0.25) is 0 Å². The minimum Gasteiger partial charge on any atom is -0.478 e. The lowest BCUT2D eigenvalue weighted by Crippen LogP contribution is -2.32. The number of unbranched alkanes of at least 4 members (excludes halogenated alkanes) is 2. The Bertz CT molecular complexity index is 572. The maximum Gasteiger partial charge on any atom is 0.336 e. The molecule has 1 aromatic rings. The van der Waals surface area contributed by atoms with Crippen molar-refractivity contribution in [3.05, 3.63) is 28.3 Å². The molecule has 0 bridgehead atoms. The first-order valence-electron chi connectivity index (χ1n) is 8.10. The Kier molecular flexibility index (Phi) is 8.21. The Balaban J connectivity index is 3.60. The maximum atomic E-state index is 11.7. The molecule has 0 atom stereocenters. The average Bonchev–Trinajstić information content (AvgIpc) is 2.50. The van der Waals surface area contributed by atoms with Crippen LogP contribution in [0.3, 0.4) is 0 Å². The Morgan fingerprint density at radius 3 is 2.22 bits per heavy atom. The largest absolute Gasteiger partial charge is 0.478 e. The molecule has 0 aromatic heterocycles. The molecule has 0 aliphatic heterocycles. The minimum absolute atomic E-state index is 0.0497. The molecule has 2 N–H and O–H groups in total. The maximum absolute atomic E-state index is 11.7. The van der Waals surface area contributed by atoms with Crippen LogP contribution in [-0.4, -0.2) is 42.4 Å². The van der Waals surface area contributed by atoms with E-state index in [2.05, 4.69) is 13.8 Å². The number of benzene rings is 1. The number of carbonyl (C=O) groups is 2. The Hall–Kier alpha value is -1.45. The van der Waals surface area contributed by atoms with Gasteiger partial charge in [-0.15, -0.1) is 0 Å². The number of aryl methyl sites for hydroxylation is 1. The van der Waals surface area contributed by atoms with E-state index in [1.807, 2.05) is 0 Å². The van der Waals surface area contributed by atoms with Crippen LogP contribution in [0.15, 0.2) is 6.07 Å². The monoisotopic (exact) mass is 354 g/mol. The Morgan fingerprint density at radius 2 is 1.74 bits per heavy atom. The van der Waals surface area contributed by atoms with Gasteiger partial charge in [0.2, 0.25) is 0 Å². The van der Waals surface area contributed by atoms with Crippen molar-refractivity contribution in [2.24, 2.45) is 0 Å². The lowest BCUT2D eigenvalue weighted by atomic mass is 9.92. The Labute approximate surface area is 142 Å². The van der Waals surface area contributed by atoms with Gasteiger partial charge in [0.25, 0.3) is 0 Å². The third kappa shape index (κ3) is 5.02. The van der Waals surface area contributed by atoms with Crippen molar-refractivity contribution in [1.29, 1.82) is 0 Å². The minimum atomic E-state index is -1.21. The lowest BCUT2D eigenvalue weighted by Gasteiger charge is -2.19. The fraction of sp³-hybridized carbons (Fsp3) is 0.500. The van der Waals surface area contributed by atoms with Gasteiger partial charge >= 0.3 is 11.9 Å². The van der Waals surface area contributed by atoms with E-state index in [0.717, 1.165) is 49.7 Å². The second-order valence-corrected chi connectivity index (χ2v) is 8.97. The summed E-state index contributed by atoms with van der Waals surface area (Å²) in [7, 11) is -0.673. The summed E-state index contributed by atoms with van der Waals surface area (Å²) in [6.45, 7) is 4.18. The van der Waals surface area contributed by atoms with E-state index in [-0.39, 0.29) is 11.1 Å². The predicted octanol–water partition coefficient (Wildman–Crippen LogP) is 0.774. The summed E-state index contributed by atoms with van der Waals surface area (Å²) < 4.78 is 5.46. The molecular formula is C16H26O5Si2. The van der Waals surface area contributed by atoms with Crippen LogP contribution in [-0.2, 0) is 17.0 Å². The van der Waals surface area contributed by atoms with Crippen molar-refractivity contribution in [2.45, 2.75) is 52.4 Å².